The smallest absolute Gasteiger partial charge is 0.255 e. The van der Waals surface area contributed by atoms with Crippen LogP contribution in [0, 0.1) is 6.92 Å². The SMILES string of the molecule is Cc1ccc2c(=O)[nH]ccc2c1NC(=O)CC1(O)CCCCCC1. The maximum absolute atomic E-state index is 12.5. The number of amides is 1. The molecule has 1 amide bonds. The summed E-state index contributed by atoms with van der Waals surface area (Å²) < 4.78 is 0. The van der Waals surface area contributed by atoms with Gasteiger partial charge in [0.15, 0.2) is 0 Å². The van der Waals surface area contributed by atoms with Crippen LogP contribution >= 0.6 is 0 Å². The topological polar surface area (TPSA) is 82.2 Å². The van der Waals surface area contributed by atoms with Gasteiger partial charge in [-0.2, -0.15) is 0 Å². The van der Waals surface area contributed by atoms with Crippen molar-refractivity contribution in [3.05, 3.63) is 40.3 Å². The highest BCUT2D eigenvalue weighted by molar-refractivity contribution is 6.03. The minimum Gasteiger partial charge on any atom is -0.389 e. The Morgan fingerprint density at radius 2 is 1.88 bits per heavy atom. The summed E-state index contributed by atoms with van der Waals surface area (Å²) in [6.07, 6.45) is 7.21. The van der Waals surface area contributed by atoms with Crippen LogP contribution in [0.3, 0.4) is 0 Å². The van der Waals surface area contributed by atoms with E-state index in [1.54, 1.807) is 18.3 Å². The molecule has 5 nitrogen and oxygen atoms in total. The number of pyridine rings is 1. The monoisotopic (exact) mass is 328 g/mol. The van der Waals surface area contributed by atoms with Crippen molar-refractivity contribution in [1.82, 2.24) is 4.98 Å². The number of anilines is 1. The summed E-state index contributed by atoms with van der Waals surface area (Å²) in [5, 5.41) is 14.9. The third-order valence-electron chi connectivity index (χ3n) is 4.95. The molecule has 1 aromatic heterocycles. The molecule has 0 saturated heterocycles. The van der Waals surface area contributed by atoms with Gasteiger partial charge < -0.3 is 15.4 Å². The first kappa shape index (κ1) is 16.7. The molecule has 5 heteroatoms. The van der Waals surface area contributed by atoms with E-state index < -0.39 is 5.60 Å². The predicted octanol–water partition coefficient (Wildman–Crippen LogP) is 3.25. The van der Waals surface area contributed by atoms with Gasteiger partial charge in [0.2, 0.25) is 5.91 Å². The van der Waals surface area contributed by atoms with Gasteiger partial charge in [-0.05, 0) is 37.5 Å². The Morgan fingerprint density at radius 3 is 2.58 bits per heavy atom. The van der Waals surface area contributed by atoms with Crippen LogP contribution in [0.15, 0.2) is 29.2 Å². The van der Waals surface area contributed by atoms with Crippen molar-refractivity contribution >= 4 is 22.4 Å². The van der Waals surface area contributed by atoms with Gasteiger partial charge in [-0.25, -0.2) is 0 Å². The number of aryl methyl sites for hydroxylation is 1. The van der Waals surface area contributed by atoms with Gasteiger partial charge in [-0.15, -0.1) is 0 Å². The second kappa shape index (κ2) is 6.77. The maximum atomic E-state index is 12.5. The third kappa shape index (κ3) is 3.51. The standard InChI is InChI=1S/C19H24N2O3/c1-13-6-7-15-14(8-11-20-18(15)23)17(13)21-16(22)12-19(24)9-4-2-3-5-10-19/h6-8,11,24H,2-5,9-10,12H2,1H3,(H,20,23)(H,21,22). The van der Waals surface area contributed by atoms with Crippen molar-refractivity contribution in [3.8, 4) is 0 Å². The molecule has 0 atom stereocenters. The quantitative estimate of drug-likeness (QED) is 0.756. The zero-order valence-electron chi connectivity index (χ0n) is 14.0. The molecule has 0 bridgehead atoms. The normalized spacial score (nSPS) is 17.4. The van der Waals surface area contributed by atoms with E-state index in [0.717, 1.165) is 36.6 Å². The van der Waals surface area contributed by atoms with Crippen LogP contribution in [-0.4, -0.2) is 21.6 Å². The van der Waals surface area contributed by atoms with Crippen LogP contribution in [-0.2, 0) is 4.79 Å². The molecule has 1 aromatic carbocycles. The molecule has 3 N–H and O–H groups in total. The van der Waals surface area contributed by atoms with Crippen LogP contribution < -0.4 is 10.9 Å². The van der Waals surface area contributed by atoms with E-state index in [2.05, 4.69) is 10.3 Å². The van der Waals surface area contributed by atoms with E-state index in [-0.39, 0.29) is 17.9 Å². The number of aromatic nitrogens is 1. The second-order valence-corrected chi connectivity index (χ2v) is 6.89. The van der Waals surface area contributed by atoms with E-state index >= 15 is 0 Å². The Morgan fingerprint density at radius 1 is 1.17 bits per heavy atom. The highest BCUT2D eigenvalue weighted by Crippen LogP contribution is 2.31. The van der Waals surface area contributed by atoms with Crippen LogP contribution in [0.5, 0.6) is 0 Å². The maximum Gasteiger partial charge on any atom is 0.255 e. The summed E-state index contributed by atoms with van der Waals surface area (Å²) in [5.74, 6) is -0.199. The van der Waals surface area contributed by atoms with Crippen molar-refractivity contribution in [2.75, 3.05) is 5.32 Å². The lowest BCUT2D eigenvalue weighted by molar-refractivity contribution is -0.121. The molecule has 2 aromatic rings. The molecule has 1 saturated carbocycles. The molecule has 1 heterocycles. The summed E-state index contributed by atoms with van der Waals surface area (Å²) in [7, 11) is 0. The number of fused-ring (bicyclic) bond motifs is 1. The molecule has 0 spiro atoms. The fourth-order valence-corrected chi connectivity index (χ4v) is 3.59. The zero-order valence-corrected chi connectivity index (χ0v) is 14.0. The number of hydrogen-bond donors (Lipinski definition) is 3. The Balaban J connectivity index is 1.84. The molecule has 24 heavy (non-hydrogen) atoms. The predicted molar refractivity (Wildman–Crippen MR) is 95.2 cm³/mol. The van der Waals surface area contributed by atoms with E-state index in [4.69, 9.17) is 0 Å². The Kier molecular flexibility index (Phi) is 4.71. The highest BCUT2D eigenvalue weighted by Gasteiger charge is 2.30. The average Bonchev–Trinajstić information content (AvgIpc) is 2.75. The highest BCUT2D eigenvalue weighted by atomic mass is 16.3. The molecule has 1 fully saturated rings. The van der Waals surface area contributed by atoms with Crippen LogP contribution in [0.1, 0.15) is 50.5 Å². The van der Waals surface area contributed by atoms with Crippen molar-refractivity contribution in [2.24, 2.45) is 0 Å². The van der Waals surface area contributed by atoms with Crippen molar-refractivity contribution in [2.45, 2.75) is 57.5 Å². The number of carbonyl (C=O) groups is 1. The summed E-state index contributed by atoms with van der Waals surface area (Å²) >= 11 is 0. The number of benzene rings is 1. The molecule has 0 aliphatic heterocycles. The summed E-state index contributed by atoms with van der Waals surface area (Å²) in [5.41, 5.74) is 0.469. The summed E-state index contributed by atoms with van der Waals surface area (Å²) in [6.45, 7) is 1.90. The molecule has 3 rings (SSSR count). The number of aromatic amines is 1. The molecule has 0 unspecified atom stereocenters. The lowest BCUT2D eigenvalue weighted by Gasteiger charge is -2.26. The molecular formula is C19H24N2O3. The minimum absolute atomic E-state index is 0.103. The van der Waals surface area contributed by atoms with Crippen molar-refractivity contribution in [3.63, 3.8) is 0 Å². The average molecular weight is 328 g/mol. The Labute approximate surface area is 141 Å². The van der Waals surface area contributed by atoms with Gasteiger partial charge in [0.1, 0.15) is 0 Å². The molecule has 1 aliphatic rings. The number of hydrogen-bond acceptors (Lipinski definition) is 3. The lowest BCUT2D eigenvalue weighted by atomic mass is 9.90. The van der Waals surface area contributed by atoms with Gasteiger partial charge in [-0.3, -0.25) is 9.59 Å². The largest absolute Gasteiger partial charge is 0.389 e. The fraction of sp³-hybridized carbons (Fsp3) is 0.474. The lowest BCUT2D eigenvalue weighted by Crippen LogP contribution is -2.33. The third-order valence-corrected chi connectivity index (χ3v) is 4.95. The summed E-state index contributed by atoms with van der Waals surface area (Å²) in [4.78, 5) is 27.1. The number of H-pyrrole nitrogens is 1. The molecule has 128 valence electrons. The Hall–Kier alpha value is -2.14. The van der Waals surface area contributed by atoms with E-state index in [1.807, 2.05) is 13.0 Å². The number of carbonyl (C=O) groups excluding carboxylic acids is 1. The van der Waals surface area contributed by atoms with Gasteiger partial charge in [0.05, 0.1) is 17.7 Å². The first-order valence-corrected chi connectivity index (χ1v) is 8.62. The van der Waals surface area contributed by atoms with Gasteiger partial charge in [0, 0.05) is 17.0 Å². The first-order valence-electron chi connectivity index (χ1n) is 8.62. The number of rotatable bonds is 3. The zero-order chi connectivity index (χ0) is 17.2. The summed E-state index contributed by atoms with van der Waals surface area (Å²) in [6, 6.07) is 5.38. The first-order chi connectivity index (χ1) is 11.5. The molecule has 0 radical (unpaired) electrons. The van der Waals surface area contributed by atoms with Gasteiger partial charge in [-0.1, -0.05) is 31.7 Å². The van der Waals surface area contributed by atoms with Crippen molar-refractivity contribution < 1.29 is 9.90 Å². The van der Waals surface area contributed by atoms with Gasteiger partial charge >= 0.3 is 0 Å². The van der Waals surface area contributed by atoms with Crippen molar-refractivity contribution in [1.29, 1.82) is 0 Å². The number of nitrogens with one attached hydrogen (secondary N) is 2. The molecule has 1 aliphatic carbocycles. The minimum atomic E-state index is -0.906. The number of aliphatic hydroxyl groups is 1. The second-order valence-electron chi connectivity index (χ2n) is 6.89. The van der Waals surface area contributed by atoms with E-state index in [9.17, 15) is 14.7 Å². The van der Waals surface area contributed by atoms with Gasteiger partial charge in [0.25, 0.3) is 5.56 Å². The van der Waals surface area contributed by atoms with E-state index in [0.29, 0.717) is 23.9 Å². The van der Waals surface area contributed by atoms with E-state index in [1.165, 1.54) is 0 Å². The van der Waals surface area contributed by atoms with Crippen LogP contribution in [0.25, 0.3) is 10.8 Å². The van der Waals surface area contributed by atoms with Crippen LogP contribution in [0.4, 0.5) is 5.69 Å². The molecular weight excluding hydrogens is 304 g/mol. The Bertz CT molecular complexity index is 802. The van der Waals surface area contributed by atoms with Crippen LogP contribution in [0.2, 0.25) is 0 Å². The fourth-order valence-electron chi connectivity index (χ4n) is 3.59.